The summed E-state index contributed by atoms with van der Waals surface area (Å²) in [4.78, 5) is 17.1. The summed E-state index contributed by atoms with van der Waals surface area (Å²) in [5.74, 6) is 1.33. The molecule has 4 rings (SSSR count). The molecule has 0 atom stereocenters. The third kappa shape index (κ3) is 4.43. The van der Waals surface area contributed by atoms with Gasteiger partial charge in [-0.15, -0.1) is 5.10 Å². The second-order valence-corrected chi connectivity index (χ2v) is 7.30. The van der Waals surface area contributed by atoms with Crippen molar-refractivity contribution in [3.63, 3.8) is 0 Å². The van der Waals surface area contributed by atoms with Crippen molar-refractivity contribution in [1.29, 1.82) is 0 Å². The van der Waals surface area contributed by atoms with Crippen LogP contribution in [0.3, 0.4) is 0 Å². The Morgan fingerprint density at radius 3 is 2.43 bits per heavy atom. The summed E-state index contributed by atoms with van der Waals surface area (Å²) in [7, 11) is 0. The molecular weight excluding hydrogens is 354 g/mol. The van der Waals surface area contributed by atoms with Crippen molar-refractivity contribution < 1.29 is 4.92 Å². The number of aromatic nitrogens is 3. The molecule has 28 heavy (non-hydrogen) atoms. The van der Waals surface area contributed by atoms with Gasteiger partial charge in [0, 0.05) is 30.8 Å². The SMILES string of the molecule is O=[N+]([O-])c1ccc(-c2ncn(CN3CCC(Cc4ccccc4)CC3)n2)cc1. The van der Waals surface area contributed by atoms with Gasteiger partial charge in [-0.05, 0) is 42.9 Å². The molecule has 3 aromatic rings. The number of likely N-dealkylation sites (tertiary alicyclic amines) is 1. The Morgan fingerprint density at radius 1 is 1.04 bits per heavy atom. The molecule has 0 amide bonds. The predicted molar refractivity (Wildman–Crippen MR) is 107 cm³/mol. The molecule has 7 heteroatoms. The fourth-order valence-corrected chi connectivity index (χ4v) is 3.71. The summed E-state index contributed by atoms with van der Waals surface area (Å²) >= 11 is 0. The molecule has 7 nitrogen and oxygen atoms in total. The highest BCUT2D eigenvalue weighted by Gasteiger charge is 2.20. The fourth-order valence-electron chi connectivity index (χ4n) is 3.71. The average molecular weight is 377 g/mol. The first-order valence-electron chi connectivity index (χ1n) is 9.58. The number of rotatable bonds is 6. The molecule has 0 bridgehead atoms. The van der Waals surface area contributed by atoms with Gasteiger partial charge >= 0.3 is 0 Å². The van der Waals surface area contributed by atoms with Gasteiger partial charge in [0.25, 0.3) is 5.69 Å². The molecule has 1 aliphatic heterocycles. The van der Waals surface area contributed by atoms with Crippen LogP contribution in [0.5, 0.6) is 0 Å². The first-order chi connectivity index (χ1) is 13.7. The molecule has 0 radical (unpaired) electrons. The lowest BCUT2D eigenvalue weighted by molar-refractivity contribution is -0.384. The lowest BCUT2D eigenvalue weighted by Crippen LogP contribution is -2.35. The van der Waals surface area contributed by atoms with E-state index in [0.717, 1.165) is 37.7 Å². The van der Waals surface area contributed by atoms with Crippen molar-refractivity contribution in [2.45, 2.75) is 25.9 Å². The van der Waals surface area contributed by atoms with Crippen molar-refractivity contribution in [3.05, 3.63) is 76.6 Å². The van der Waals surface area contributed by atoms with Crippen LogP contribution in [0.25, 0.3) is 11.4 Å². The van der Waals surface area contributed by atoms with Crippen LogP contribution in [0.2, 0.25) is 0 Å². The minimum atomic E-state index is -0.406. The van der Waals surface area contributed by atoms with E-state index in [1.807, 2.05) is 4.68 Å². The van der Waals surface area contributed by atoms with Crippen LogP contribution in [0.15, 0.2) is 60.9 Å². The molecule has 2 aromatic carbocycles. The predicted octanol–water partition coefficient (Wildman–Crippen LogP) is 3.77. The third-order valence-corrected chi connectivity index (χ3v) is 5.29. The summed E-state index contributed by atoms with van der Waals surface area (Å²) in [5, 5.41) is 15.3. The number of hydrogen-bond acceptors (Lipinski definition) is 5. The summed E-state index contributed by atoms with van der Waals surface area (Å²) < 4.78 is 1.84. The smallest absolute Gasteiger partial charge is 0.269 e. The zero-order chi connectivity index (χ0) is 19.3. The van der Waals surface area contributed by atoms with Gasteiger partial charge < -0.3 is 0 Å². The van der Waals surface area contributed by atoms with Gasteiger partial charge in [0.15, 0.2) is 5.82 Å². The van der Waals surface area contributed by atoms with E-state index in [1.165, 1.54) is 30.5 Å². The maximum absolute atomic E-state index is 10.8. The Morgan fingerprint density at radius 2 is 1.75 bits per heavy atom. The van der Waals surface area contributed by atoms with Crippen LogP contribution in [0, 0.1) is 16.0 Å². The highest BCUT2D eigenvalue weighted by atomic mass is 16.6. The van der Waals surface area contributed by atoms with Gasteiger partial charge in [0.05, 0.1) is 11.6 Å². The van der Waals surface area contributed by atoms with Gasteiger partial charge in [-0.3, -0.25) is 15.0 Å². The second-order valence-electron chi connectivity index (χ2n) is 7.30. The number of benzene rings is 2. The standard InChI is InChI=1S/C21H23N5O2/c27-26(28)20-8-6-19(7-9-20)21-22-15-25(23-21)16-24-12-10-18(11-13-24)14-17-4-2-1-3-5-17/h1-9,15,18H,10-14,16H2. The quantitative estimate of drug-likeness (QED) is 0.483. The monoisotopic (exact) mass is 377 g/mol. The Bertz CT molecular complexity index is 915. The summed E-state index contributed by atoms with van der Waals surface area (Å²) in [6.45, 7) is 2.84. The van der Waals surface area contributed by atoms with Crippen molar-refractivity contribution in [1.82, 2.24) is 19.7 Å². The van der Waals surface area contributed by atoms with E-state index in [0.29, 0.717) is 5.82 Å². The molecule has 0 saturated carbocycles. The minimum Gasteiger partial charge on any atom is -0.284 e. The molecule has 1 saturated heterocycles. The zero-order valence-corrected chi connectivity index (χ0v) is 15.6. The average Bonchev–Trinajstić information content (AvgIpc) is 3.19. The number of nitro groups is 1. The van der Waals surface area contributed by atoms with Crippen molar-refractivity contribution in [2.75, 3.05) is 13.1 Å². The van der Waals surface area contributed by atoms with Gasteiger partial charge in [-0.2, -0.15) is 0 Å². The highest BCUT2D eigenvalue weighted by molar-refractivity contribution is 5.56. The second kappa shape index (κ2) is 8.31. The van der Waals surface area contributed by atoms with Crippen LogP contribution in [-0.4, -0.2) is 37.7 Å². The van der Waals surface area contributed by atoms with Crippen LogP contribution >= 0.6 is 0 Å². The fraction of sp³-hybridized carbons (Fsp3) is 0.333. The van der Waals surface area contributed by atoms with E-state index in [1.54, 1.807) is 18.5 Å². The van der Waals surface area contributed by atoms with Crippen molar-refractivity contribution in [3.8, 4) is 11.4 Å². The molecule has 2 heterocycles. The number of non-ortho nitro benzene ring substituents is 1. The Kier molecular flexibility index (Phi) is 5.43. The maximum Gasteiger partial charge on any atom is 0.269 e. The molecule has 0 N–H and O–H groups in total. The van der Waals surface area contributed by atoms with E-state index in [4.69, 9.17) is 0 Å². The van der Waals surface area contributed by atoms with Crippen LogP contribution in [-0.2, 0) is 13.1 Å². The van der Waals surface area contributed by atoms with Gasteiger partial charge in [-0.1, -0.05) is 30.3 Å². The topological polar surface area (TPSA) is 77.1 Å². The minimum absolute atomic E-state index is 0.0709. The normalized spacial score (nSPS) is 15.6. The van der Waals surface area contributed by atoms with Crippen molar-refractivity contribution >= 4 is 5.69 Å². The lowest BCUT2D eigenvalue weighted by Gasteiger charge is -2.31. The van der Waals surface area contributed by atoms with Gasteiger partial charge in [0.2, 0.25) is 0 Å². The third-order valence-electron chi connectivity index (χ3n) is 5.29. The first-order valence-corrected chi connectivity index (χ1v) is 9.58. The molecule has 0 spiro atoms. The van der Waals surface area contributed by atoms with Crippen molar-refractivity contribution in [2.24, 2.45) is 5.92 Å². The van der Waals surface area contributed by atoms with Crippen LogP contribution in [0.4, 0.5) is 5.69 Å². The van der Waals surface area contributed by atoms with Crippen LogP contribution in [0.1, 0.15) is 18.4 Å². The summed E-state index contributed by atoms with van der Waals surface area (Å²) in [6, 6.07) is 17.0. The Balaban J connectivity index is 1.30. The number of nitrogens with zero attached hydrogens (tertiary/aromatic N) is 5. The number of nitro benzene ring substituents is 1. The van der Waals surface area contributed by atoms with E-state index in [2.05, 4.69) is 45.3 Å². The highest BCUT2D eigenvalue weighted by Crippen LogP contribution is 2.22. The number of hydrogen-bond donors (Lipinski definition) is 0. The molecule has 1 aromatic heterocycles. The molecule has 0 aliphatic carbocycles. The Hall–Kier alpha value is -3.06. The van der Waals surface area contributed by atoms with Gasteiger partial charge in [-0.25, -0.2) is 9.67 Å². The molecule has 0 unspecified atom stereocenters. The van der Waals surface area contributed by atoms with E-state index < -0.39 is 4.92 Å². The molecular formula is C21H23N5O2. The molecule has 1 aliphatic rings. The first kappa shape index (κ1) is 18.3. The number of piperidine rings is 1. The largest absolute Gasteiger partial charge is 0.284 e. The maximum atomic E-state index is 10.8. The Labute approximate surface area is 163 Å². The summed E-state index contributed by atoms with van der Waals surface area (Å²) in [6.07, 6.45) is 5.27. The molecule has 144 valence electrons. The summed E-state index contributed by atoms with van der Waals surface area (Å²) in [5.41, 5.74) is 2.28. The van der Waals surface area contributed by atoms with E-state index >= 15 is 0 Å². The van der Waals surface area contributed by atoms with E-state index in [-0.39, 0.29) is 5.69 Å². The molecule has 1 fully saturated rings. The van der Waals surface area contributed by atoms with E-state index in [9.17, 15) is 10.1 Å². The lowest BCUT2D eigenvalue weighted by atomic mass is 9.90. The zero-order valence-electron chi connectivity index (χ0n) is 15.6. The van der Waals surface area contributed by atoms with Gasteiger partial charge in [0.1, 0.15) is 6.33 Å². The van der Waals surface area contributed by atoms with Crippen LogP contribution < -0.4 is 0 Å².